The van der Waals surface area contributed by atoms with Crippen molar-refractivity contribution in [3.63, 3.8) is 0 Å². The zero-order chi connectivity index (χ0) is 37.2. The van der Waals surface area contributed by atoms with E-state index in [4.69, 9.17) is 9.47 Å². The second kappa shape index (κ2) is 28.9. The number of nitrogens with one attached hydrogen (secondary N) is 1. The summed E-state index contributed by atoms with van der Waals surface area (Å²) in [6.45, 7) is 1.57. The van der Waals surface area contributed by atoms with E-state index in [-0.39, 0.29) is 22.5 Å². The zero-order valence-electron chi connectivity index (χ0n) is 32.8. The summed E-state index contributed by atoms with van der Waals surface area (Å²) >= 11 is 0. The number of aliphatic hydroxyl groups excluding tert-OH is 5. The first kappa shape index (κ1) is 46.7. The second-order valence-corrected chi connectivity index (χ2v) is 20.2. The van der Waals surface area contributed by atoms with Gasteiger partial charge in [0.25, 0.3) is 0 Å². The van der Waals surface area contributed by atoms with Crippen LogP contribution in [-0.4, -0.2) is 111 Å². The van der Waals surface area contributed by atoms with E-state index in [1.807, 2.05) is 0 Å². The van der Waals surface area contributed by atoms with Crippen LogP contribution in [0.25, 0.3) is 0 Å². The predicted octanol–water partition coefficient (Wildman–Crippen LogP) is 7.26. The maximum Gasteiger partial charge on any atom is 0.220 e. The molecule has 5 unspecified atom stereocenters. The molecule has 0 aliphatic carbocycles. The number of rotatable bonds is 31. The van der Waals surface area contributed by atoms with Crippen LogP contribution in [0.5, 0.6) is 0 Å². The van der Waals surface area contributed by atoms with Gasteiger partial charge in [-0.05, 0) is 55.6 Å². The number of amides is 1. The number of unbranched alkanes of at least 4 members (excludes halogenated alkanes) is 19. The molecule has 0 aromatic carbocycles. The number of carbonyl (C=O) groups is 1. The summed E-state index contributed by atoms with van der Waals surface area (Å²) in [5, 5.41) is 54.3. The Bertz CT molecular complexity index is 844. The molecule has 6 N–H and O–H groups in total. The lowest BCUT2D eigenvalue weighted by Gasteiger charge is -2.40. The lowest BCUT2D eigenvalue weighted by atomic mass is 9.99. The van der Waals surface area contributed by atoms with Crippen LogP contribution >= 0.6 is 10.0 Å². The highest BCUT2D eigenvalue weighted by molar-refractivity contribution is 8.33. The minimum Gasteiger partial charge on any atom is -0.394 e. The SMILES string of the molecule is CCCCCCCCCCCCCCC[C@@H](O)[C@H](COC1OC(CO)C(O)C(O)C1O)NC(=O)CCCCCCCCCCS1(C)CCCCC1. The number of ether oxygens (including phenoxy) is 2. The standard InChI is InChI=1S/C41H81NO8S/c1-3-4-5-6-7-8-9-10-11-12-15-18-22-27-35(44)34(33-49-41-40(48)39(47)38(46)36(32-43)50-41)42-37(45)28-23-19-16-13-14-17-20-24-29-51(2)30-25-21-26-31-51/h34-36,38-41,43-44,46-48H,3-33H2,1-2H3,(H,42,45)/t34-,35+,36?,38?,39?,40?,41?/m0/s1. The summed E-state index contributed by atoms with van der Waals surface area (Å²) in [4.78, 5) is 13.0. The van der Waals surface area contributed by atoms with Gasteiger partial charge in [0.05, 0.1) is 25.4 Å². The lowest BCUT2D eigenvalue weighted by Crippen LogP contribution is -2.60. The Morgan fingerprint density at radius 1 is 0.725 bits per heavy atom. The van der Waals surface area contributed by atoms with Gasteiger partial charge in [0.15, 0.2) is 6.29 Å². The normalized spacial score (nSPS) is 25.4. The molecule has 2 fully saturated rings. The van der Waals surface area contributed by atoms with Crippen molar-refractivity contribution in [1.29, 1.82) is 0 Å². The first-order chi connectivity index (χ1) is 24.7. The Morgan fingerprint density at radius 3 is 1.78 bits per heavy atom. The van der Waals surface area contributed by atoms with E-state index in [2.05, 4.69) is 18.5 Å². The van der Waals surface area contributed by atoms with Crippen LogP contribution in [0.4, 0.5) is 0 Å². The quantitative estimate of drug-likeness (QED) is 0.0406. The number of aliphatic hydroxyl groups is 5. The molecule has 2 saturated heterocycles. The third-order valence-electron chi connectivity index (χ3n) is 11.3. The highest BCUT2D eigenvalue weighted by atomic mass is 32.3. The summed E-state index contributed by atoms with van der Waals surface area (Å²) in [6.07, 6.45) is 25.6. The van der Waals surface area contributed by atoms with E-state index in [0.717, 1.165) is 38.5 Å². The minimum absolute atomic E-state index is 0.130. The number of carbonyl (C=O) groups excluding carboxylic acids is 1. The van der Waals surface area contributed by atoms with Crippen LogP contribution in [0.15, 0.2) is 0 Å². The maximum absolute atomic E-state index is 13.0. The summed E-state index contributed by atoms with van der Waals surface area (Å²) in [6, 6.07) is -0.708. The van der Waals surface area contributed by atoms with Crippen LogP contribution in [0, 0.1) is 0 Å². The van der Waals surface area contributed by atoms with E-state index < -0.39 is 49.5 Å². The Hall–Kier alpha value is -0.460. The molecule has 304 valence electrons. The number of hydrogen-bond acceptors (Lipinski definition) is 8. The molecule has 0 aromatic heterocycles. The van der Waals surface area contributed by atoms with Gasteiger partial charge in [-0.15, -0.1) is 0 Å². The zero-order valence-corrected chi connectivity index (χ0v) is 33.6. The Kier molecular flexibility index (Phi) is 26.5. The highest BCUT2D eigenvalue weighted by Gasteiger charge is 2.44. The van der Waals surface area contributed by atoms with E-state index in [1.54, 1.807) is 0 Å². The fraction of sp³-hybridized carbons (Fsp3) is 0.976. The van der Waals surface area contributed by atoms with Gasteiger partial charge in [-0.1, -0.05) is 135 Å². The van der Waals surface area contributed by atoms with Crippen molar-refractivity contribution in [2.45, 2.75) is 217 Å². The van der Waals surface area contributed by atoms with E-state index >= 15 is 0 Å². The van der Waals surface area contributed by atoms with Gasteiger partial charge in [-0.25, -0.2) is 10.0 Å². The average molecular weight is 748 g/mol. The van der Waals surface area contributed by atoms with Gasteiger partial charge in [-0.3, -0.25) is 4.79 Å². The highest BCUT2D eigenvalue weighted by Crippen LogP contribution is 2.49. The lowest BCUT2D eigenvalue weighted by molar-refractivity contribution is -0.302. The molecule has 9 nitrogen and oxygen atoms in total. The third-order valence-corrected chi connectivity index (χ3v) is 15.1. The molecule has 1 amide bonds. The first-order valence-electron chi connectivity index (χ1n) is 21.3. The molecule has 10 heteroatoms. The molecule has 2 rings (SSSR count). The van der Waals surface area contributed by atoms with Gasteiger partial charge < -0.3 is 40.3 Å². The monoisotopic (exact) mass is 748 g/mol. The molecule has 2 aliphatic rings. The van der Waals surface area contributed by atoms with E-state index in [1.165, 1.54) is 133 Å². The van der Waals surface area contributed by atoms with Gasteiger partial charge in [0.2, 0.25) is 5.91 Å². The molecule has 2 heterocycles. The predicted molar refractivity (Wildman–Crippen MR) is 211 cm³/mol. The molecule has 0 radical (unpaired) electrons. The van der Waals surface area contributed by atoms with Crippen molar-refractivity contribution >= 4 is 15.9 Å². The van der Waals surface area contributed by atoms with Crippen LogP contribution in [0.1, 0.15) is 174 Å². The van der Waals surface area contributed by atoms with Crippen molar-refractivity contribution in [3.8, 4) is 0 Å². The van der Waals surface area contributed by atoms with Crippen molar-refractivity contribution < 1.29 is 39.8 Å². The molecule has 2 aliphatic heterocycles. The van der Waals surface area contributed by atoms with Gasteiger partial charge in [-0.2, -0.15) is 0 Å². The third kappa shape index (κ3) is 20.7. The summed E-state index contributed by atoms with van der Waals surface area (Å²) in [5.74, 6) is 4.31. The van der Waals surface area contributed by atoms with Gasteiger partial charge >= 0.3 is 0 Å². The van der Waals surface area contributed by atoms with E-state index in [9.17, 15) is 30.3 Å². The number of hydrogen-bond donors (Lipinski definition) is 6. The topological polar surface area (TPSA) is 149 Å². The van der Waals surface area contributed by atoms with Crippen LogP contribution in [0.3, 0.4) is 0 Å². The minimum atomic E-state index is -1.55. The van der Waals surface area contributed by atoms with Crippen molar-refractivity contribution in [3.05, 3.63) is 0 Å². The Balaban J connectivity index is 1.66. The molecular weight excluding hydrogens is 667 g/mol. The summed E-state index contributed by atoms with van der Waals surface area (Å²) < 4.78 is 11.2. The van der Waals surface area contributed by atoms with Crippen molar-refractivity contribution in [1.82, 2.24) is 5.32 Å². The summed E-state index contributed by atoms with van der Waals surface area (Å²) in [5.41, 5.74) is 0. The molecule has 0 bridgehead atoms. The maximum atomic E-state index is 13.0. The van der Waals surface area contributed by atoms with Crippen LogP contribution < -0.4 is 5.32 Å². The van der Waals surface area contributed by atoms with Crippen LogP contribution in [0.2, 0.25) is 0 Å². The van der Waals surface area contributed by atoms with Gasteiger partial charge in [0, 0.05) is 6.42 Å². The molecule has 0 saturated carbocycles. The molecule has 0 aromatic rings. The Morgan fingerprint density at radius 2 is 1.24 bits per heavy atom. The Labute approximate surface area is 313 Å². The van der Waals surface area contributed by atoms with E-state index in [0.29, 0.717) is 12.8 Å². The fourth-order valence-corrected chi connectivity index (χ4v) is 11.0. The molecule has 7 atom stereocenters. The van der Waals surface area contributed by atoms with Crippen molar-refractivity contribution in [2.24, 2.45) is 0 Å². The van der Waals surface area contributed by atoms with Gasteiger partial charge in [0.1, 0.15) is 24.4 Å². The molecular formula is C41H81NO8S. The smallest absolute Gasteiger partial charge is 0.220 e. The summed E-state index contributed by atoms with van der Waals surface area (Å²) in [7, 11) is -0.309. The largest absolute Gasteiger partial charge is 0.394 e. The fourth-order valence-electron chi connectivity index (χ4n) is 7.68. The van der Waals surface area contributed by atoms with Crippen LogP contribution in [-0.2, 0) is 14.3 Å². The van der Waals surface area contributed by atoms with Crippen molar-refractivity contribution in [2.75, 3.05) is 36.7 Å². The first-order valence-corrected chi connectivity index (χ1v) is 23.9. The second-order valence-electron chi connectivity index (χ2n) is 16.0. The molecule has 51 heavy (non-hydrogen) atoms. The average Bonchev–Trinajstić information content (AvgIpc) is 3.12. The molecule has 0 spiro atoms.